The average Bonchev–Trinajstić information content (AvgIpc) is 2.75. The number of allylic oxidation sites excluding steroid dienone is 1. The Bertz CT molecular complexity index is 891. The predicted octanol–water partition coefficient (Wildman–Crippen LogP) is 2.95. The maximum atomic E-state index is 13.6. The fourth-order valence-electron chi connectivity index (χ4n) is 3.25. The molecule has 0 bridgehead atoms. The summed E-state index contributed by atoms with van der Waals surface area (Å²) in [6, 6.07) is 5.48. The molecule has 11 heteroatoms. The summed E-state index contributed by atoms with van der Waals surface area (Å²) in [5.74, 6) is -0.983. The van der Waals surface area contributed by atoms with E-state index in [-0.39, 0.29) is 18.2 Å². The minimum Gasteiger partial charge on any atom is -0.481 e. The maximum absolute atomic E-state index is 13.6. The zero-order valence-electron chi connectivity index (χ0n) is 18.9. The van der Waals surface area contributed by atoms with Crippen LogP contribution < -0.4 is 5.32 Å². The molecule has 1 aromatic rings. The molecule has 3 unspecified atom stereocenters. The van der Waals surface area contributed by atoms with Crippen LogP contribution in [0.3, 0.4) is 0 Å². The normalized spacial score (nSPS) is 18.3. The van der Waals surface area contributed by atoms with Crippen molar-refractivity contribution in [1.82, 2.24) is 9.62 Å². The van der Waals surface area contributed by atoms with Crippen molar-refractivity contribution in [3.8, 4) is 0 Å². The average molecular weight is 484 g/mol. The van der Waals surface area contributed by atoms with E-state index in [9.17, 15) is 19.4 Å². The van der Waals surface area contributed by atoms with Crippen LogP contribution in [0, 0.1) is 11.7 Å². The smallest absolute Gasteiger partial charge is 0.305 e. The van der Waals surface area contributed by atoms with Crippen LogP contribution in [0.2, 0.25) is 0 Å². The van der Waals surface area contributed by atoms with Crippen molar-refractivity contribution in [2.24, 2.45) is 10.9 Å². The van der Waals surface area contributed by atoms with Crippen LogP contribution in [-0.2, 0) is 14.0 Å². The van der Waals surface area contributed by atoms with Crippen molar-refractivity contribution in [2.45, 2.75) is 44.9 Å². The second-order valence-corrected chi connectivity index (χ2v) is 8.61. The quantitative estimate of drug-likeness (QED) is 0.163. The molecule has 0 aliphatic carbocycles. The highest BCUT2D eigenvalue weighted by molar-refractivity contribution is 7.92. The highest BCUT2D eigenvalue weighted by atomic mass is 32.2. The minimum atomic E-state index is -1.17. The monoisotopic (exact) mass is 483 g/mol. The number of guanidine groups is 1. The van der Waals surface area contributed by atoms with Gasteiger partial charge in [0.05, 0.1) is 25.7 Å². The first-order valence-electron chi connectivity index (χ1n) is 10.3. The van der Waals surface area contributed by atoms with E-state index in [1.165, 1.54) is 25.3 Å². The molecule has 0 radical (unpaired) electrons. The largest absolute Gasteiger partial charge is 0.481 e. The standard InChI is InChI=1S/C22H30FN3O6S/c1-13(2)20-18(10-9-16(27)11-17(28)12-19(29)30)21(14-5-7-15(23)8-6-14)25-22(24-20)26(3)33-32-31-4/h5-10,13,16-17,21,27-28H,11-12H2,1-4H3,(H,24,25)(H,29,30)/b10-9+. The van der Waals surface area contributed by atoms with E-state index < -0.39 is 30.6 Å². The van der Waals surface area contributed by atoms with Gasteiger partial charge >= 0.3 is 5.97 Å². The fourth-order valence-corrected chi connectivity index (χ4v) is 3.57. The predicted molar refractivity (Wildman–Crippen MR) is 123 cm³/mol. The number of carboxylic acids is 1. The summed E-state index contributed by atoms with van der Waals surface area (Å²) in [6.07, 6.45) is 0.388. The Hall–Kier alpha value is -2.44. The number of hydrogen-bond donors (Lipinski definition) is 4. The van der Waals surface area contributed by atoms with Crippen molar-refractivity contribution in [1.29, 1.82) is 0 Å². The number of aliphatic imine (C=N–C) groups is 1. The SMILES string of the molecule is COOSN(C)C1=NC(c2ccc(F)cc2)C(/C=C/C(O)CC(O)CC(=O)O)=C(C(C)C)N1. The Morgan fingerprint density at radius 2 is 2.00 bits per heavy atom. The molecule has 2 rings (SSSR count). The van der Waals surface area contributed by atoms with Gasteiger partial charge in [-0.2, -0.15) is 0 Å². The second-order valence-electron chi connectivity index (χ2n) is 7.78. The molecular weight excluding hydrogens is 453 g/mol. The lowest BCUT2D eigenvalue weighted by Gasteiger charge is -2.32. The van der Waals surface area contributed by atoms with E-state index in [1.807, 2.05) is 13.8 Å². The highest BCUT2D eigenvalue weighted by Gasteiger charge is 2.28. The zero-order chi connectivity index (χ0) is 24.5. The summed E-state index contributed by atoms with van der Waals surface area (Å²) in [5, 5.41) is 32.2. The summed E-state index contributed by atoms with van der Waals surface area (Å²) in [7, 11) is 3.13. The Labute approximate surface area is 196 Å². The van der Waals surface area contributed by atoms with Gasteiger partial charge in [-0.3, -0.25) is 9.10 Å². The first kappa shape index (κ1) is 26.8. The number of nitrogens with zero attached hydrogens (tertiary/aromatic N) is 2. The Balaban J connectivity index is 2.40. The number of hydrogen-bond acceptors (Lipinski definition) is 9. The molecule has 0 spiro atoms. The minimum absolute atomic E-state index is 0.0367. The Kier molecular flexibility index (Phi) is 10.3. The van der Waals surface area contributed by atoms with E-state index in [0.717, 1.165) is 29.1 Å². The van der Waals surface area contributed by atoms with Gasteiger partial charge in [-0.15, -0.1) is 4.33 Å². The van der Waals surface area contributed by atoms with Crippen LogP contribution in [0.1, 0.15) is 38.3 Å². The van der Waals surface area contributed by atoms with E-state index in [4.69, 9.17) is 14.4 Å². The topological polar surface area (TPSA) is 124 Å². The van der Waals surface area contributed by atoms with E-state index in [1.54, 1.807) is 29.6 Å². The fraction of sp³-hybridized carbons (Fsp3) is 0.455. The van der Waals surface area contributed by atoms with Crippen LogP contribution in [0.5, 0.6) is 0 Å². The van der Waals surface area contributed by atoms with Crippen molar-refractivity contribution < 1.29 is 33.7 Å². The first-order valence-corrected chi connectivity index (χ1v) is 11.0. The van der Waals surface area contributed by atoms with Crippen LogP contribution >= 0.6 is 12.2 Å². The number of carboxylic acid groups (broad SMARTS) is 1. The maximum Gasteiger partial charge on any atom is 0.305 e. The van der Waals surface area contributed by atoms with Crippen molar-refractivity contribution in [2.75, 3.05) is 14.2 Å². The molecule has 1 aromatic carbocycles. The molecule has 0 aromatic heterocycles. The Morgan fingerprint density at radius 3 is 2.58 bits per heavy atom. The summed E-state index contributed by atoms with van der Waals surface area (Å²) >= 11 is 0.929. The number of benzene rings is 1. The van der Waals surface area contributed by atoms with Crippen molar-refractivity contribution in [3.63, 3.8) is 0 Å². The van der Waals surface area contributed by atoms with Crippen LogP contribution in [0.15, 0.2) is 52.7 Å². The molecular formula is C22H30FN3O6S. The summed E-state index contributed by atoms with van der Waals surface area (Å²) in [4.78, 5) is 20.1. The molecule has 1 aliphatic rings. The van der Waals surface area contributed by atoms with E-state index in [2.05, 4.69) is 10.2 Å². The van der Waals surface area contributed by atoms with Gasteiger partial charge in [0.15, 0.2) is 12.2 Å². The molecule has 1 aliphatic heterocycles. The van der Waals surface area contributed by atoms with Crippen molar-refractivity contribution >= 4 is 24.2 Å². The van der Waals surface area contributed by atoms with Gasteiger partial charge in [-0.05, 0) is 23.6 Å². The summed E-state index contributed by atoms with van der Waals surface area (Å²) in [6.45, 7) is 3.99. The van der Waals surface area contributed by atoms with Gasteiger partial charge in [0, 0.05) is 24.7 Å². The molecule has 4 N–H and O–H groups in total. The van der Waals surface area contributed by atoms with Gasteiger partial charge < -0.3 is 20.6 Å². The lowest BCUT2D eigenvalue weighted by atomic mass is 9.91. The van der Waals surface area contributed by atoms with E-state index in [0.29, 0.717) is 5.96 Å². The first-order chi connectivity index (χ1) is 15.6. The second kappa shape index (κ2) is 12.7. The number of nitrogens with one attached hydrogen (secondary N) is 1. The molecule has 3 atom stereocenters. The molecule has 9 nitrogen and oxygen atoms in total. The lowest BCUT2D eigenvalue weighted by Crippen LogP contribution is -2.40. The van der Waals surface area contributed by atoms with Gasteiger partial charge in [0.2, 0.25) is 5.96 Å². The molecule has 0 saturated heterocycles. The van der Waals surface area contributed by atoms with Gasteiger partial charge in [-0.1, -0.05) is 38.1 Å². The highest BCUT2D eigenvalue weighted by Crippen LogP contribution is 2.35. The summed E-state index contributed by atoms with van der Waals surface area (Å²) < 4.78 is 20.1. The molecule has 0 amide bonds. The zero-order valence-corrected chi connectivity index (χ0v) is 19.8. The van der Waals surface area contributed by atoms with Gasteiger partial charge in [-0.25, -0.2) is 14.3 Å². The number of aliphatic hydroxyl groups is 2. The van der Waals surface area contributed by atoms with Crippen LogP contribution in [0.4, 0.5) is 4.39 Å². The molecule has 182 valence electrons. The number of carbonyl (C=O) groups is 1. The molecule has 33 heavy (non-hydrogen) atoms. The number of aliphatic carboxylic acids is 1. The number of rotatable bonds is 11. The summed E-state index contributed by atoms with van der Waals surface area (Å²) in [5.41, 5.74) is 2.31. The van der Waals surface area contributed by atoms with Crippen LogP contribution in [0.25, 0.3) is 0 Å². The molecule has 0 fully saturated rings. The number of aliphatic hydroxyl groups excluding tert-OH is 2. The third-order valence-electron chi connectivity index (χ3n) is 4.80. The third-order valence-corrected chi connectivity index (χ3v) is 5.39. The third kappa shape index (κ3) is 8.13. The number of halogens is 1. The van der Waals surface area contributed by atoms with E-state index >= 15 is 0 Å². The molecule has 0 saturated carbocycles. The molecule has 1 heterocycles. The Morgan fingerprint density at radius 1 is 1.33 bits per heavy atom. The lowest BCUT2D eigenvalue weighted by molar-refractivity contribution is -0.162. The van der Waals surface area contributed by atoms with Crippen molar-refractivity contribution in [3.05, 3.63) is 59.1 Å². The van der Waals surface area contributed by atoms with Gasteiger partial charge in [0.25, 0.3) is 0 Å². The van der Waals surface area contributed by atoms with Gasteiger partial charge in [0.1, 0.15) is 11.9 Å². The van der Waals surface area contributed by atoms with Crippen LogP contribution in [-0.4, -0.2) is 57.9 Å².